The van der Waals surface area contributed by atoms with Gasteiger partial charge in [0.05, 0.1) is 16.4 Å². The molecule has 2 aromatic heterocycles. The van der Waals surface area contributed by atoms with Crippen LogP contribution in [0, 0.1) is 6.92 Å². The van der Waals surface area contributed by atoms with Gasteiger partial charge in [-0.05, 0) is 32.5 Å². The number of aryl methyl sites for hydroxylation is 1. The second-order valence-corrected chi connectivity index (χ2v) is 6.06. The van der Waals surface area contributed by atoms with Crippen LogP contribution in [-0.2, 0) is 13.1 Å². The Hall–Kier alpha value is -1.46. The van der Waals surface area contributed by atoms with Gasteiger partial charge < -0.3 is 5.32 Å². The van der Waals surface area contributed by atoms with Crippen LogP contribution in [0.4, 0.5) is 5.69 Å². The van der Waals surface area contributed by atoms with E-state index in [2.05, 4.69) is 45.6 Å². The minimum Gasteiger partial charge on any atom is -0.385 e. The molecule has 0 radical (unpaired) electrons. The molecule has 2 aromatic rings. The molecule has 0 unspecified atom stereocenters. The van der Waals surface area contributed by atoms with Crippen molar-refractivity contribution in [2.45, 2.75) is 33.4 Å². The highest BCUT2D eigenvalue weighted by molar-refractivity contribution is 7.09. The van der Waals surface area contributed by atoms with Gasteiger partial charge >= 0.3 is 0 Å². The number of pyridine rings is 1. The number of nitrogens with one attached hydrogen (secondary N) is 1. The van der Waals surface area contributed by atoms with Gasteiger partial charge in [-0.25, -0.2) is 4.98 Å². The number of hydrogen-bond acceptors (Lipinski definition) is 5. The third kappa shape index (κ3) is 4.58. The third-order valence-electron chi connectivity index (χ3n) is 2.93. The van der Waals surface area contributed by atoms with Gasteiger partial charge in [-0.3, -0.25) is 9.88 Å². The molecule has 0 aliphatic heterocycles. The molecule has 0 spiro atoms. The summed E-state index contributed by atoms with van der Waals surface area (Å²) in [6.07, 6.45) is 2.99. The molecule has 0 bridgehead atoms. The van der Waals surface area contributed by atoms with Crippen LogP contribution < -0.4 is 5.32 Å². The quantitative estimate of drug-likeness (QED) is 0.849. The van der Waals surface area contributed by atoms with E-state index in [1.165, 1.54) is 0 Å². The summed E-state index contributed by atoms with van der Waals surface area (Å²) >= 11 is 1.70. The second-order valence-electron chi connectivity index (χ2n) is 4.99. The maximum Gasteiger partial charge on any atom is 0.0897 e. The van der Waals surface area contributed by atoms with Crippen LogP contribution in [0.3, 0.4) is 0 Å². The summed E-state index contributed by atoms with van der Waals surface area (Å²) in [5, 5.41) is 6.64. The summed E-state index contributed by atoms with van der Waals surface area (Å²) in [5.74, 6) is 0. The van der Waals surface area contributed by atoms with E-state index < -0.39 is 0 Å². The molecule has 108 valence electrons. The molecule has 0 saturated carbocycles. The number of thiazole rings is 1. The van der Waals surface area contributed by atoms with E-state index in [0.29, 0.717) is 0 Å². The third-order valence-corrected chi connectivity index (χ3v) is 3.75. The molecule has 0 aliphatic rings. The van der Waals surface area contributed by atoms with Crippen molar-refractivity contribution >= 4 is 17.0 Å². The molecule has 0 aliphatic carbocycles. The monoisotopic (exact) mass is 290 g/mol. The van der Waals surface area contributed by atoms with E-state index in [1.54, 1.807) is 11.3 Å². The zero-order valence-corrected chi connectivity index (χ0v) is 13.2. The van der Waals surface area contributed by atoms with Crippen LogP contribution in [0.1, 0.15) is 29.7 Å². The average Bonchev–Trinajstić information content (AvgIpc) is 2.82. The largest absolute Gasteiger partial charge is 0.385 e. The Balaban J connectivity index is 1.91. The van der Waals surface area contributed by atoms with Crippen molar-refractivity contribution in [3.05, 3.63) is 40.1 Å². The normalized spacial score (nSPS) is 11.0. The summed E-state index contributed by atoms with van der Waals surface area (Å²) in [6, 6.07) is 4.14. The highest BCUT2D eigenvalue weighted by Crippen LogP contribution is 2.13. The zero-order valence-electron chi connectivity index (χ0n) is 12.4. The van der Waals surface area contributed by atoms with Crippen LogP contribution in [0.5, 0.6) is 0 Å². The highest BCUT2D eigenvalue weighted by Gasteiger charge is 2.06. The predicted molar refractivity (Wildman–Crippen MR) is 85.0 cm³/mol. The summed E-state index contributed by atoms with van der Waals surface area (Å²) < 4.78 is 0. The molecule has 2 heterocycles. The van der Waals surface area contributed by atoms with Gasteiger partial charge in [-0.15, -0.1) is 11.3 Å². The molecule has 0 saturated heterocycles. The first-order valence-corrected chi connectivity index (χ1v) is 7.83. The van der Waals surface area contributed by atoms with Crippen molar-refractivity contribution in [1.29, 1.82) is 0 Å². The second kappa shape index (κ2) is 7.36. The van der Waals surface area contributed by atoms with Crippen LogP contribution in [0.2, 0.25) is 0 Å². The first kappa shape index (κ1) is 14.9. The fraction of sp³-hybridized carbons (Fsp3) is 0.467. The van der Waals surface area contributed by atoms with Gasteiger partial charge in [0.2, 0.25) is 0 Å². The standard InChI is InChI=1S/C15H22N4S/c1-4-6-16-13-5-7-17-14(8-13)9-19(3)10-15-11-20-12(2)18-15/h5,7-8,11H,4,6,9-10H2,1-3H3,(H,16,17). The predicted octanol–water partition coefficient (Wildman–Crippen LogP) is 3.30. The minimum absolute atomic E-state index is 0.832. The number of aromatic nitrogens is 2. The summed E-state index contributed by atoms with van der Waals surface area (Å²) in [5.41, 5.74) is 3.37. The lowest BCUT2D eigenvalue weighted by Gasteiger charge is -2.15. The number of hydrogen-bond donors (Lipinski definition) is 1. The fourth-order valence-corrected chi connectivity index (χ4v) is 2.64. The topological polar surface area (TPSA) is 41.1 Å². The molecule has 2 rings (SSSR count). The first-order valence-electron chi connectivity index (χ1n) is 6.95. The van der Waals surface area contributed by atoms with Gasteiger partial charge in [0.25, 0.3) is 0 Å². The first-order chi connectivity index (χ1) is 9.67. The number of rotatable bonds is 7. The molecule has 0 fully saturated rings. The molecular formula is C15H22N4S. The van der Waals surface area contributed by atoms with Crippen LogP contribution in [-0.4, -0.2) is 28.5 Å². The molecule has 20 heavy (non-hydrogen) atoms. The molecule has 4 nitrogen and oxygen atoms in total. The smallest absolute Gasteiger partial charge is 0.0897 e. The molecule has 1 N–H and O–H groups in total. The Morgan fingerprint density at radius 1 is 1.30 bits per heavy atom. The maximum absolute atomic E-state index is 4.49. The Labute approximate surface area is 124 Å². The summed E-state index contributed by atoms with van der Waals surface area (Å²) in [6.45, 7) is 6.89. The lowest BCUT2D eigenvalue weighted by atomic mass is 10.3. The van der Waals surface area contributed by atoms with Crippen molar-refractivity contribution in [2.24, 2.45) is 0 Å². The minimum atomic E-state index is 0.832. The Morgan fingerprint density at radius 3 is 2.80 bits per heavy atom. The Kier molecular flexibility index (Phi) is 5.49. The van der Waals surface area contributed by atoms with Gasteiger partial charge in [-0.1, -0.05) is 6.92 Å². The van der Waals surface area contributed by atoms with Crippen LogP contribution in [0.25, 0.3) is 0 Å². The lowest BCUT2D eigenvalue weighted by molar-refractivity contribution is 0.312. The van der Waals surface area contributed by atoms with Crippen LogP contribution >= 0.6 is 11.3 Å². The van der Waals surface area contributed by atoms with Crippen molar-refractivity contribution in [3.8, 4) is 0 Å². The highest BCUT2D eigenvalue weighted by atomic mass is 32.1. The van der Waals surface area contributed by atoms with Crippen molar-refractivity contribution < 1.29 is 0 Å². The molecule has 0 amide bonds. The molecule has 5 heteroatoms. The zero-order chi connectivity index (χ0) is 14.4. The molecular weight excluding hydrogens is 268 g/mol. The molecule has 0 atom stereocenters. The van der Waals surface area contributed by atoms with E-state index in [0.717, 1.165) is 48.1 Å². The van der Waals surface area contributed by atoms with E-state index >= 15 is 0 Å². The fourth-order valence-electron chi connectivity index (χ4n) is 2.03. The Bertz CT molecular complexity index is 538. The van der Waals surface area contributed by atoms with E-state index in [-0.39, 0.29) is 0 Å². The summed E-state index contributed by atoms with van der Waals surface area (Å²) in [4.78, 5) is 11.2. The SMILES string of the molecule is CCCNc1ccnc(CN(C)Cc2csc(C)n2)c1. The van der Waals surface area contributed by atoms with Gasteiger partial charge in [0.1, 0.15) is 0 Å². The van der Waals surface area contributed by atoms with E-state index in [4.69, 9.17) is 0 Å². The Morgan fingerprint density at radius 2 is 2.10 bits per heavy atom. The van der Waals surface area contributed by atoms with Crippen molar-refractivity contribution in [1.82, 2.24) is 14.9 Å². The lowest BCUT2D eigenvalue weighted by Crippen LogP contribution is -2.18. The van der Waals surface area contributed by atoms with Crippen molar-refractivity contribution in [2.75, 3.05) is 18.9 Å². The number of nitrogens with zero attached hydrogens (tertiary/aromatic N) is 3. The van der Waals surface area contributed by atoms with Gasteiger partial charge in [-0.2, -0.15) is 0 Å². The number of anilines is 1. The average molecular weight is 290 g/mol. The van der Waals surface area contributed by atoms with Gasteiger partial charge in [0, 0.05) is 36.9 Å². The van der Waals surface area contributed by atoms with Crippen LogP contribution in [0.15, 0.2) is 23.7 Å². The molecule has 0 aromatic carbocycles. The maximum atomic E-state index is 4.49. The van der Waals surface area contributed by atoms with E-state index in [9.17, 15) is 0 Å². The van der Waals surface area contributed by atoms with E-state index in [1.807, 2.05) is 19.2 Å². The van der Waals surface area contributed by atoms with Gasteiger partial charge in [0.15, 0.2) is 0 Å². The van der Waals surface area contributed by atoms with Crippen molar-refractivity contribution in [3.63, 3.8) is 0 Å². The summed E-state index contributed by atoms with van der Waals surface area (Å²) in [7, 11) is 2.10.